The molecule has 134 valence electrons. The molecule has 2 N–H and O–H groups in total. The maximum Gasteiger partial charge on any atom is 0.225 e. The van der Waals surface area contributed by atoms with Gasteiger partial charge in [-0.3, -0.25) is 4.98 Å². The fourth-order valence-electron chi connectivity index (χ4n) is 2.43. The van der Waals surface area contributed by atoms with Crippen molar-refractivity contribution in [2.45, 2.75) is 33.2 Å². The zero-order chi connectivity index (χ0) is 18.5. The van der Waals surface area contributed by atoms with Gasteiger partial charge in [-0.1, -0.05) is 18.5 Å². The van der Waals surface area contributed by atoms with E-state index in [-0.39, 0.29) is 6.04 Å². The largest absolute Gasteiger partial charge is 0.352 e. The van der Waals surface area contributed by atoms with E-state index in [1.807, 2.05) is 43.3 Å². The Morgan fingerprint density at radius 3 is 2.69 bits per heavy atom. The van der Waals surface area contributed by atoms with E-state index < -0.39 is 0 Å². The van der Waals surface area contributed by atoms with Crippen molar-refractivity contribution in [1.29, 1.82) is 0 Å². The summed E-state index contributed by atoms with van der Waals surface area (Å²) in [5.74, 6) is 1.31. The normalized spacial score (nSPS) is 11.8. The first kappa shape index (κ1) is 18.1. The average molecular weight is 368 g/mol. The maximum absolute atomic E-state index is 6.12. The van der Waals surface area contributed by atoms with Gasteiger partial charge in [0, 0.05) is 40.8 Å². The first-order valence-electron chi connectivity index (χ1n) is 8.64. The highest BCUT2D eigenvalue weighted by atomic mass is 35.5. The highest BCUT2D eigenvalue weighted by Crippen LogP contribution is 2.25. The first-order valence-corrected chi connectivity index (χ1v) is 9.02. The van der Waals surface area contributed by atoms with Crippen LogP contribution in [-0.4, -0.2) is 21.0 Å². The van der Waals surface area contributed by atoms with Crippen molar-refractivity contribution in [2.75, 3.05) is 10.6 Å². The standard InChI is InChI=1S/C20H22ClN5/c1-4-14(3)23-20-25-18(15-6-5-9-22-12-15)11-19(26-20)24-16-7-8-17(21)13(2)10-16/h5-12,14H,4H2,1-3H3,(H2,23,24,25,26)/t14-/m1/s1. The SMILES string of the molecule is CC[C@@H](C)Nc1nc(Nc2ccc(Cl)c(C)c2)cc(-c2cccnc2)n1. The number of hydrogen-bond acceptors (Lipinski definition) is 5. The fourth-order valence-corrected chi connectivity index (χ4v) is 2.55. The highest BCUT2D eigenvalue weighted by Gasteiger charge is 2.09. The molecule has 3 aromatic rings. The number of benzene rings is 1. The van der Waals surface area contributed by atoms with Gasteiger partial charge in [0.2, 0.25) is 5.95 Å². The molecule has 5 nitrogen and oxygen atoms in total. The molecule has 2 aromatic heterocycles. The summed E-state index contributed by atoms with van der Waals surface area (Å²) in [6.45, 7) is 6.21. The number of hydrogen-bond donors (Lipinski definition) is 2. The summed E-state index contributed by atoms with van der Waals surface area (Å²) in [4.78, 5) is 13.4. The Kier molecular flexibility index (Phi) is 5.68. The van der Waals surface area contributed by atoms with Crippen molar-refractivity contribution in [2.24, 2.45) is 0 Å². The number of halogens is 1. The zero-order valence-electron chi connectivity index (χ0n) is 15.1. The molecule has 1 atom stereocenters. The number of rotatable bonds is 6. The van der Waals surface area contributed by atoms with Gasteiger partial charge in [-0.05, 0) is 56.2 Å². The van der Waals surface area contributed by atoms with E-state index in [2.05, 4.69) is 39.4 Å². The second kappa shape index (κ2) is 8.15. The third-order valence-corrected chi connectivity index (χ3v) is 4.53. The van der Waals surface area contributed by atoms with E-state index in [0.717, 1.165) is 34.0 Å². The minimum atomic E-state index is 0.282. The van der Waals surface area contributed by atoms with Crippen LogP contribution < -0.4 is 10.6 Å². The topological polar surface area (TPSA) is 62.7 Å². The molecule has 0 aliphatic carbocycles. The van der Waals surface area contributed by atoms with Crippen LogP contribution in [0.2, 0.25) is 5.02 Å². The summed E-state index contributed by atoms with van der Waals surface area (Å²) in [5, 5.41) is 7.43. The summed E-state index contributed by atoms with van der Waals surface area (Å²) in [7, 11) is 0. The minimum absolute atomic E-state index is 0.282. The van der Waals surface area contributed by atoms with Gasteiger partial charge < -0.3 is 10.6 Å². The molecule has 0 spiro atoms. The van der Waals surface area contributed by atoms with E-state index in [1.165, 1.54) is 0 Å². The van der Waals surface area contributed by atoms with Gasteiger partial charge in [-0.2, -0.15) is 4.98 Å². The molecular formula is C20H22ClN5. The number of aromatic nitrogens is 3. The monoisotopic (exact) mass is 367 g/mol. The second-order valence-electron chi connectivity index (χ2n) is 6.25. The number of nitrogens with zero attached hydrogens (tertiary/aromatic N) is 3. The first-order chi connectivity index (χ1) is 12.5. The van der Waals surface area contributed by atoms with Gasteiger partial charge >= 0.3 is 0 Å². The Balaban J connectivity index is 1.97. The molecule has 0 fully saturated rings. The van der Waals surface area contributed by atoms with Crippen LogP contribution in [0.5, 0.6) is 0 Å². The molecule has 0 amide bonds. The summed E-state index contributed by atoms with van der Waals surface area (Å²) in [6.07, 6.45) is 4.53. The molecule has 0 unspecified atom stereocenters. The van der Waals surface area contributed by atoms with Gasteiger partial charge in [0.15, 0.2) is 0 Å². The number of pyridine rings is 1. The summed E-state index contributed by atoms with van der Waals surface area (Å²) in [6, 6.07) is 11.9. The molecule has 0 bridgehead atoms. The molecule has 0 saturated heterocycles. The van der Waals surface area contributed by atoms with Gasteiger partial charge in [0.1, 0.15) is 5.82 Å². The smallest absolute Gasteiger partial charge is 0.225 e. The Labute approximate surface area is 158 Å². The summed E-state index contributed by atoms with van der Waals surface area (Å²) >= 11 is 6.12. The van der Waals surface area contributed by atoms with Gasteiger partial charge in [0.25, 0.3) is 0 Å². The molecule has 26 heavy (non-hydrogen) atoms. The van der Waals surface area contributed by atoms with Crippen LogP contribution >= 0.6 is 11.6 Å². The molecule has 3 rings (SSSR count). The van der Waals surface area contributed by atoms with Crippen LogP contribution in [0.4, 0.5) is 17.5 Å². The van der Waals surface area contributed by atoms with Gasteiger partial charge in [0.05, 0.1) is 5.69 Å². The predicted octanol–water partition coefficient (Wildman–Crippen LogP) is 5.45. The molecule has 1 aromatic carbocycles. The van der Waals surface area contributed by atoms with Crippen molar-refractivity contribution >= 4 is 29.1 Å². The van der Waals surface area contributed by atoms with Crippen molar-refractivity contribution in [3.05, 3.63) is 59.4 Å². The quantitative estimate of drug-likeness (QED) is 0.606. The Morgan fingerprint density at radius 1 is 1.15 bits per heavy atom. The summed E-state index contributed by atoms with van der Waals surface area (Å²) in [5.41, 5.74) is 3.69. The Morgan fingerprint density at radius 2 is 2.00 bits per heavy atom. The lowest BCUT2D eigenvalue weighted by atomic mass is 10.2. The lowest BCUT2D eigenvalue weighted by molar-refractivity contribution is 0.753. The Hall–Kier alpha value is -2.66. The molecule has 2 heterocycles. The summed E-state index contributed by atoms with van der Waals surface area (Å²) < 4.78 is 0. The lowest BCUT2D eigenvalue weighted by Crippen LogP contribution is -2.16. The molecular weight excluding hydrogens is 346 g/mol. The van der Waals surface area contributed by atoms with Gasteiger partial charge in [-0.15, -0.1) is 0 Å². The van der Waals surface area contributed by atoms with Crippen LogP contribution in [0.15, 0.2) is 48.8 Å². The molecule has 0 radical (unpaired) electrons. The highest BCUT2D eigenvalue weighted by molar-refractivity contribution is 6.31. The second-order valence-corrected chi connectivity index (χ2v) is 6.65. The third kappa shape index (κ3) is 4.49. The Bertz CT molecular complexity index is 883. The molecule has 0 saturated carbocycles. The van der Waals surface area contributed by atoms with E-state index in [9.17, 15) is 0 Å². The maximum atomic E-state index is 6.12. The third-order valence-electron chi connectivity index (χ3n) is 4.10. The average Bonchev–Trinajstić information content (AvgIpc) is 2.65. The predicted molar refractivity (Wildman–Crippen MR) is 108 cm³/mol. The minimum Gasteiger partial charge on any atom is -0.352 e. The number of aryl methyl sites for hydroxylation is 1. The number of anilines is 3. The number of nitrogens with one attached hydrogen (secondary N) is 2. The van der Waals surface area contributed by atoms with E-state index in [1.54, 1.807) is 12.4 Å². The van der Waals surface area contributed by atoms with E-state index in [0.29, 0.717) is 11.8 Å². The van der Waals surface area contributed by atoms with Crippen LogP contribution in [0.3, 0.4) is 0 Å². The molecule has 6 heteroatoms. The zero-order valence-corrected chi connectivity index (χ0v) is 15.9. The van der Waals surface area contributed by atoms with E-state index in [4.69, 9.17) is 11.6 Å². The van der Waals surface area contributed by atoms with Crippen molar-refractivity contribution in [1.82, 2.24) is 15.0 Å². The van der Waals surface area contributed by atoms with Crippen LogP contribution in [0.25, 0.3) is 11.3 Å². The molecule has 0 aliphatic rings. The van der Waals surface area contributed by atoms with Crippen LogP contribution in [0.1, 0.15) is 25.8 Å². The van der Waals surface area contributed by atoms with Crippen molar-refractivity contribution in [3.63, 3.8) is 0 Å². The van der Waals surface area contributed by atoms with Crippen molar-refractivity contribution in [3.8, 4) is 11.3 Å². The molecule has 0 aliphatic heterocycles. The van der Waals surface area contributed by atoms with Crippen molar-refractivity contribution < 1.29 is 0 Å². The van der Waals surface area contributed by atoms with Crippen LogP contribution in [-0.2, 0) is 0 Å². The van der Waals surface area contributed by atoms with Crippen LogP contribution in [0, 0.1) is 6.92 Å². The van der Waals surface area contributed by atoms with Gasteiger partial charge in [-0.25, -0.2) is 4.98 Å². The fraction of sp³-hybridized carbons (Fsp3) is 0.250. The van der Waals surface area contributed by atoms with E-state index >= 15 is 0 Å². The lowest BCUT2D eigenvalue weighted by Gasteiger charge is -2.15.